The average molecular weight is 361 g/mol. The van der Waals surface area contributed by atoms with Crippen LogP contribution in [0.5, 0.6) is 0 Å². The highest BCUT2D eigenvalue weighted by molar-refractivity contribution is 9.10. The second-order valence-corrected chi connectivity index (χ2v) is 6.33. The van der Waals surface area contributed by atoms with Crippen molar-refractivity contribution in [3.63, 3.8) is 0 Å². The highest BCUT2D eigenvalue weighted by Crippen LogP contribution is 2.26. The van der Waals surface area contributed by atoms with Gasteiger partial charge in [0.25, 0.3) is 0 Å². The summed E-state index contributed by atoms with van der Waals surface area (Å²) in [7, 11) is 0. The number of fused-ring (bicyclic) bond motifs is 1. The zero-order chi connectivity index (χ0) is 14.1. The molecule has 7 heteroatoms. The molecule has 0 N–H and O–H groups in total. The molecule has 3 heterocycles. The van der Waals surface area contributed by atoms with E-state index in [4.69, 9.17) is 21.1 Å². The normalized spacial score (nSPS) is 21.2. The van der Waals surface area contributed by atoms with E-state index in [9.17, 15) is 0 Å². The first kappa shape index (κ1) is 14.3. The minimum absolute atomic E-state index is 0.0146. The number of hydrogen-bond donors (Lipinski definition) is 0. The van der Waals surface area contributed by atoms with Crippen LogP contribution in [0.25, 0.3) is 11.2 Å². The molecule has 20 heavy (non-hydrogen) atoms. The molecule has 1 saturated heterocycles. The van der Waals surface area contributed by atoms with Gasteiger partial charge in [-0.2, -0.15) is 0 Å². The summed E-state index contributed by atoms with van der Waals surface area (Å²) >= 11 is 9.65. The smallest absolute Gasteiger partial charge is 0.160 e. The Labute approximate surface area is 130 Å². The number of alkyl halides is 1. The van der Waals surface area contributed by atoms with Crippen LogP contribution >= 0.6 is 27.5 Å². The zero-order valence-electron chi connectivity index (χ0n) is 11.1. The summed E-state index contributed by atoms with van der Waals surface area (Å²) in [5, 5.41) is -0.188. The second-order valence-electron chi connectivity index (χ2n) is 4.76. The van der Waals surface area contributed by atoms with Gasteiger partial charge >= 0.3 is 0 Å². The predicted molar refractivity (Wildman–Crippen MR) is 80.1 cm³/mol. The number of halogens is 2. The molecular weight excluding hydrogens is 346 g/mol. The van der Waals surface area contributed by atoms with Crippen molar-refractivity contribution < 1.29 is 9.47 Å². The minimum atomic E-state index is -0.188. The van der Waals surface area contributed by atoms with Crippen molar-refractivity contribution in [2.45, 2.75) is 24.9 Å². The first-order chi connectivity index (χ1) is 9.65. The van der Waals surface area contributed by atoms with Crippen LogP contribution in [0.1, 0.15) is 18.1 Å². The third-order valence-electron chi connectivity index (χ3n) is 3.21. The van der Waals surface area contributed by atoms with Crippen LogP contribution in [-0.4, -0.2) is 40.5 Å². The maximum atomic E-state index is 6.24. The van der Waals surface area contributed by atoms with Crippen molar-refractivity contribution in [3.05, 3.63) is 22.6 Å². The van der Waals surface area contributed by atoms with Gasteiger partial charge in [-0.15, -0.1) is 11.6 Å². The number of rotatable bonds is 3. The van der Waals surface area contributed by atoms with Crippen molar-refractivity contribution >= 4 is 38.7 Å². The van der Waals surface area contributed by atoms with Crippen molar-refractivity contribution in [1.29, 1.82) is 0 Å². The van der Waals surface area contributed by atoms with Crippen LogP contribution in [0.15, 0.2) is 16.7 Å². The van der Waals surface area contributed by atoms with Crippen molar-refractivity contribution in [1.82, 2.24) is 14.5 Å². The predicted octanol–water partition coefficient (Wildman–Crippen LogP) is 2.91. The fraction of sp³-hybridized carbons (Fsp3) is 0.538. The van der Waals surface area contributed by atoms with E-state index in [2.05, 4.69) is 25.9 Å². The summed E-state index contributed by atoms with van der Waals surface area (Å²) in [5.74, 6) is 0.807. The van der Waals surface area contributed by atoms with Gasteiger partial charge in [-0.25, -0.2) is 9.97 Å². The standard InChI is InChI=1S/C13H15BrClN3O2/c1-8(15)12-17-11-4-9(14)5-16-13(11)18(12)6-10-7-19-2-3-20-10/h4-5,8,10H,2-3,6-7H2,1H3. The molecule has 0 bridgehead atoms. The maximum absolute atomic E-state index is 6.24. The Balaban J connectivity index is 1.99. The lowest BCUT2D eigenvalue weighted by molar-refractivity contribution is -0.0934. The fourth-order valence-corrected chi connectivity index (χ4v) is 2.82. The molecule has 2 aromatic heterocycles. The first-order valence-corrected chi connectivity index (χ1v) is 7.73. The average Bonchev–Trinajstić information content (AvgIpc) is 2.78. The molecule has 3 rings (SSSR count). The first-order valence-electron chi connectivity index (χ1n) is 6.50. The Kier molecular flexibility index (Phi) is 4.26. The summed E-state index contributed by atoms with van der Waals surface area (Å²) in [6, 6.07) is 1.94. The highest BCUT2D eigenvalue weighted by Gasteiger charge is 2.21. The van der Waals surface area contributed by atoms with Gasteiger partial charge in [-0.3, -0.25) is 0 Å². The molecule has 2 unspecified atom stereocenters. The summed E-state index contributed by atoms with van der Waals surface area (Å²) in [6.45, 7) is 4.43. The molecule has 2 aromatic rings. The lowest BCUT2D eigenvalue weighted by Crippen LogP contribution is -2.32. The molecule has 0 saturated carbocycles. The SMILES string of the molecule is CC(Cl)c1nc2cc(Br)cnc2n1CC1COCCO1. The topological polar surface area (TPSA) is 49.2 Å². The van der Waals surface area contributed by atoms with Crippen LogP contribution in [0.3, 0.4) is 0 Å². The second kappa shape index (κ2) is 5.97. The zero-order valence-corrected chi connectivity index (χ0v) is 13.4. The lowest BCUT2D eigenvalue weighted by atomic mass is 10.3. The number of ether oxygens (including phenoxy) is 2. The quantitative estimate of drug-likeness (QED) is 0.790. The molecular formula is C13H15BrClN3O2. The van der Waals surface area contributed by atoms with Gasteiger partial charge in [-0.05, 0) is 28.9 Å². The van der Waals surface area contributed by atoms with E-state index in [1.807, 2.05) is 17.6 Å². The number of nitrogens with zero attached hydrogens (tertiary/aromatic N) is 3. The van der Waals surface area contributed by atoms with Crippen molar-refractivity contribution in [2.75, 3.05) is 19.8 Å². The van der Waals surface area contributed by atoms with Gasteiger partial charge in [-0.1, -0.05) is 0 Å². The molecule has 0 aromatic carbocycles. The van der Waals surface area contributed by atoms with Crippen LogP contribution < -0.4 is 0 Å². The van der Waals surface area contributed by atoms with E-state index in [-0.39, 0.29) is 11.5 Å². The van der Waals surface area contributed by atoms with Gasteiger partial charge < -0.3 is 14.0 Å². The van der Waals surface area contributed by atoms with E-state index in [0.29, 0.717) is 26.4 Å². The van der Waals surface area contributed by atoms with Gasteiger partial charge in [0.15, 0.2) is 5.65 Å². The fourth-order valence-electron chi connectivity index (χ4n) is 2.33. The van der Waals surface area contributed by atoms with Gasteiger partial charge in [0.05, 0.1) is 37.8 Å². The maximum Gasteiger partial charge on any atom is 0.160 e. The molecule has 2 atom stereocenters. The monoisotopic (exact) mass is 359 g/mol. The van der Waals surface area contributed by atoms with Crippen LogP contribution in [-0.2, 0) is 16.0 Å². The van der Waals surface area contributed by atoms with E-state index >= 15 is 0 Å². The molecule has 1 fully saturated rings. The van der Waals surface area contributed by atoms with Crippen molar-refractivity contribution in [3.8, 4) is 0 Å². The minimum Gasteiger partial charge on any atom is -0.376 e. The third kappa shape index (κ3) is 2.83. The lowest BCUT2D eigenvalue weighted by Gasteiger charge is -2.24. The molecule has 0 amide bonds. The number of pyridine rings is 1. The molecule has 0 spiro atoms. The molecule has 108 valence electrons. The molecule has 1 aliphatic heterocycles. The third-order valence-corrected chi connectivity index (χ3v) is 3.84. The van der Waals surface area contributed by atoms with E-state index in [0.717, 1.165) is 21.5 Å². The molecule has 0 radical (unpaired) electrons. The molecule has 1 aliphatic rings. The van der Waals surface area contributed by atoms with E-state index in [1.54, 1.807) is 6.20 Å². The number of imidazole rings is 1. The van der Waals surface area contributed by atoms with Crippen LogP contribution in [0, 0.1) is 0 Å². The van der Waals surface area contributed by atoms with Crippen LogP contribution in [0.2, 0.25) is 0 Å². The summed E-state index contributed by atoms with van der Waals surface area (Å²) < 4.78 is 14.1. The Morgan fingerprint density at radius 3 is 3.10 bits per heavy atom. The van der Waals surface area contributed by atoms with Gasteiger partial charge in [0.2, 0.25) is 0 Å². The summed E-state index contributed by atoms with van der Waals surface area (Å²) in [5.41, 5.74) is 1.66. The molecule has 5 nitrogen and oxygen atoms in total. The largest absolute Gasteiger partial charge is 0.376 e. The molecule has 0 aliphatic carbocycles. The number of hydrogen-bond acceptors (Lipinski definition) is 4. The summed E-state index contributed by atoms with van der Waals surface area (Å²) in [6.07, 6.45) is 1.78. The number of aromatic nitrogens is 3. The highest BCUT2D eigenvalue weighted by atomic mass is 79.9. The van der Waals surface area contributed by atoms with Crippen LogP contribution in [0.4, 0.5) is 0 Å². The Bertz CT molecular complexity index is 611. The van der Waals surface area contributed by atoms with E-state index in [1.165, 1.54) is 0 Å². The van der Waals surface area contributed by atoms with Gasteiger partial charge in [0, 0.05) is 10.7 Å². The van der Waals surface area contributed by atoms with E-state index < -0.39 is 0 Å². The Morgan fingerprint density at radius 1 is 1.55 bits per heavy atom. The van der Waals surface area contributed by atoms with Gasteiger partial charge in [0.1, 0.15) is 11.3 Å². The van der Waals surface area contributed by atoms with Crippen molar-refractivity contribution in [2.24, 2.45) is 0 Å². The summed E-state index contributed by atoms with van der Waals surface area (Å²) in [4.78, 5) is 9.03. The Hall–Kier alpha value is -0.690. The Morgan fingerprint density at radius 2 is 2.40 bits per heavy atom.